The van der Waals surface area contributed by atoms with Gasteiger partial charge in [-0.05, 0) is 61.0 Å². The highest BCUT2D eigenvalue weighted by Crippen LogP contribution is 2.32. The van der Waals surface area contributed by atoms with Crippen molar-refractivity contribution in [2.24, 2.45) is 0 Å². The SMILES string of the molecule is COc1ccc(NC(=O)COc2c(-c3ccc(Cl)cc3)oc3cc(C)ccc3c2=O)cc1OC. The molecule has 0 bridgehead atoms. The zero-order valence-electron chi connectivity index (χ0n) is 18.8. The molecule has 0 fully saturated rings. The summed E-state index contributed by atoms with van der Waals surface area (Å²) < 4.78 is 22.2. The molecule has 0 spiro atoms. The Labute approximate surface area is 200 Å². The lowest BCUT2D eigenvalue weighted by Crippen LogP contribution is -2.22. The third-order valence-electron chi connectivity index (χ3n) is 5.13. The van der Waals surface area contributed by atoms with E-state index >= 15 is 0 Å². The molecule has 0 saturated heterocycles. The van der Waals surface area contributed by atoms with Gasteiger partial charge in [-0.25, -0.2) is 0 Å². The number of hydrogen-bond donors (Lipinski definition) is 1. The summed E-state index contributed by atoms with van der Waals surface area (Å²) in [6.45, 7) is 1.50. The third kappa shape index (κ3) is 4.84. The average molecular weight is 480 g/mol. The molecular weight excluding hydrogens is 458 g/mol. The molecule has 0 atom stereocenters. The Kier molecular flexibility index (Phi) is 6.75. The summed E-state index contributed by atoms with van der Waals surface area (Å²) in [7, 11) is 3.03. The van der Waals surface area contributed by atoms with Crippen LogP contribution in [0, 0.1) is 6.92 Å². The van der Waals surface area contributed by atoms with Gasteiger partial charge in [0.2, 0.25) is 11.2 Å². The van der Waals surface area contributed by atoms with Crippen molar-refractivity contribution in [3.63, 3.8) is 0 Å². The van der Waals surface area contributed by atoms with Crippen LogP contribution in [0.15, 0.2) is 69.9 Å². The van der Waals surface area contributed by atoms with E-state index in [0.29, 0.717) is 38.7 Å². The Morgan fingerprint density at radius 2 is 1.71 bits per heavy atom. The van der Waals surface area contributed by atoms with Crippen molar-refractivity contribution in [1.82, 2.24) is 0 Å². The summed E-state index contributed by atoms with van der Waals surface area (Å²) >= 11 is 6.01. The lowest BCUT2D eigenvalue weighted by atomic mass is 10.1. The van der Waals surface area contributed by atoms with Gasteiger partial charge < -0.3 is 23.9 Å². The predicted molar refractivity (Wildman–Crippen MR) is 131 cm³/mol. The van der Waals surface area contributed by atoms with Crippen molar-refractivity contribution in [3.8, 4) is 28.6 Å². The fourth-order valence-corrected chi connectivity index (χ4v) is 3.58. The Balaban J connectivity index is 1.64. The molecule has 0 radical (unpaired) electrons. The van der Waals surface area contributed by atoms with Crippen LogP contribution in [-0.2, 0) is 4.79 Å². The molecule has 8 heteroatoms. The van der Waals surface area contributed by atoms with Gasteiger partial charge in [-0.2, -0.15) is 0 Å². The molecule has 0 saturated carbocycles. The first-order chi connectivity index (χ1) is 16.4. The van der Waals surface area contributed by atoms with Crippen LogP contribution in [-0.4, -0.2) is 26.7 Å². The maximum atomic E-state index is 13.3. The van der Waals surface area contributed by atoms with Gasteiger partial charge in [0.25, 0.3) is 5.91 Å². The number of halogens is 1. The van der Waals surface area contributed by atoms with Crippen LogP contribution in [0.2, 0.25) is 5.02 Å². The molecule has 0 aliphatic heterocycles. The Morgan fingerprint density at radius 1 is 0.971 bits per heavy atom. The number of carbonyl (C=O) groups is 1. The van der Waals surface area contributed by atoms with E-state index in [9.17, 15) is 9.59 Å². The van der Waals surface area contributed by atoms with Gasteiger partial charge in [-0.1, -0.05) is 17.7 Å². The van der Waals surface area contributed by atoms with Gasteiger partial charge in [0.15, 0.2) is 23.9 Å². The minimum absolute atomic E-state index is 0.0545. The first kappa shape index (κ1) is 23.2. The molecule has 1 aromatic heterocycles. The van der Waals surface area contributed by atoms with Crippen LogP contribution < -0.4 is 25.0 Å². The Hall–Kier alpha value is -3.97. The number of carbonyl (C=O) groups excluding carboxylic acids is 1. The van der Waals surface area contributed by atoms with Crippen molar-refractivity contribution in [3.05, 3.63) is 81.5 Å². The number of benzene rings is 3. The van der Waals surface area contributed by atoms with E-state index in [1.807, 2.05) is 13.0 Å². The lowest BCUT2D eigenvalue weighted by Gasteiger charge is -2.13. The summed E-state index contributed by atoms with van der Waals surface area (Å²) in [5.74, 6) is 0.711. The van der Waals surface area contributed by atoms with E-state index in [-0.39, 0.29) is 16.9 Å². The lowest BCUT2D eigenvalue weighted by molar-refractivity contribution is -0.118. The van der Waals surface area contributed by atoms with Crippen molar-refractivity contribution in [2.45, 2.75) is 6.92 Å². The molecule has 4 rings (SSSR count). The second-order valence-corrected chi connectivity index (χ2v) is 7.94. The number of aryl methyl sites for hydroxylation is 1. The number of amides is 1. The first-order valence-electron chi connectivity index (χ1n) is 10.4. The minimum atomic E-state index is -0.460. The monoisotopic (exact) mass is 479 g/mol. The molecule has 3 aromatic carbocycles. The van der Waals surface area contributed by atoms with Gasteiger partial charge >= 0.3 is 0 Å². The maximum absolute atomic E-state index is 13.3. The molecule has 34 heavy (non-hydrogen) atoms. The van der Waals surface area contributed by atoms with E-state index in [1.165, 1.54) is 14.2 Å². The summed E-state index contributed by atoms with van der Waals surface area (Å²) in [6, 6.07) is 17.1. The van der Waals surface area contributed by atoms with Gasteiger partial charge in [-0.15, -0.1) is 0 Å². The average Bonchev–Trinajstić information content (AvgIpc) is 2.83. The standard InChI is InChI=1S/C26H22ClNO6/c1-15-4-10-19-21(12-15)34-25(16-5-7-17(27)8-6-16)26(24(19)30)33-14-23(29)28-18-9-11-20(31-2)22(13-18)32-3/h4-13H,14H2,1-3H3,(H,28,29). The summed E-state index contributed by atoms with van der Waals surface area (Å²) in [5, 5.41) is 3.62. The smallest absolute Gasteiger partial charge is 0.262 e. The molecule has 7 nitrogen and oxygen atoms in total. The third-order valence-corrected chi connectivity index (χ3v) is 5.38. The molecule has 0 aliphatic carbocycles. The van der Waals surface area contributed by atoms with E-state index < -0.39 is 12.5 Å². The number of anilines is 1. The topological polar surface area (TPSA) is 87.0 Å². The van der Waals surface area contributed by atoms with Crippen molar-refractivity contribution in [1.29, 1.82) is 0 Å². The zero-order chi connectivity index (χ0) is 24.2. The quantitative estimate of drug-likeness (QED) is 0.379. The van der Waals surface area contributed by atoms with Crippen molar-refractivity contribution < 1.29 is 23.4 Å². The van der Waals surface area contributed by atoms with Crippen molar-refractivity contribution >= 4 is 34.2 Å². The van der Waals surface area contributed by atoms with E-state index in [0.717, 1.165) is 5.56 Å². The number of methoxy groups -OCH3 is 2. The van der Waals surface area contributed by atoms with E-state index in [4.69, 9.17) is 30.2 Å². The molecule has 4 aromatic rings. The maximum Gasteiger partial charge on any atom is 0.262 e. The second-order valence-electron chi connectivity index (χ2n) is 7.50. The van der Waals surface area contributed by atoms with Crippen LogP contribution in [0.1, 0.15) is 5.56 Å². The number of ether oxygens (including phenoxy) is 3. The molecular formula is C26H22ClNO6. The highest BCUT2D eigenvalue weighted by molar-refractivity contribution is 6.30. The molecule has 1 heterocycles. The molecule has 0 unspecified atom stereocenters. The zero-order valence-corrected chi connectivity index (χ0v) is 19.6. The van der Waals surface area contributed by atoms with Gasteiger partial charge in [-0.3, -0.25) is 9.59 Å². The Morgan fingerprint density at radius 3 is 2.41 bits per heavy atom. The fraction of sp³-hybridized carbons (Fsp3) is 0.154. The van der Waals surface area contributed by atoms with Crippen LogP contribution >= 0.6 is 11.6 Å². The number of rotatable bonds is 7. The number of hydrogen-bond acceptors (Lipinski definition) is 6. The second kappa shape index (κ2) is 9.89. The van der Waals surface area contributed by atoms with Crippen molar-refractivity contribution in [2.75, 3.05) is 26.1 Å². The molecule has 0 aliphatic rings. The van der Waals surface area contributed by atoms with Gasteiger partial charge in [0, 0.05) is 22.3 Å². The summed E-state index contributed by atoms with van der Waals surface area (Å²) in [4.78, 5) is 25.8. The summed E-state index contributed by atoms with van der Waals surface area (Å²) in [5.41, 5.74) is 2.09. The van der Waals surface area contributed by atoms with Gasteiger partial charge in [0.1, 0.15) is 5.58 Å². The highest BCUT2D eigenvalue weighted by atomic mass is 35.5. The van der Waals surface area contributed by atoms with Gasteiger partial charge in [0.05, 0.1) is 19.6 Å². The first-order valence-corrected chi connectivity index (χ1v) is 10.8. The largest absolute Gasteiger partial charge is 0.493 e. The fourth-order valence-electron chi connectivity index (χ4n) is 3.45. The minimum Gasteiger partial charge on any atom is -0.493 e. The van der Waals surface area contributed by atoms with E-state index in [2.05, 4.69) is 5.32 Å². The molecule has 1 amide bonds. The van der Waals surface area contributed by atoms with Crippen LogP contribution in [0.25, 0.3) is 22.3 Å². The number of fused-ring (bicyclic) bond motifs is 1. The Bertz CT molecular complexity index is 1410. The molecule has 174 valence electrons. The van der Waals surface area contributed by atoms with Crippen LogP contribution in [0.3, 0.4) is 0 Å². The molecule has 1 N–H and O–H groups in total. The summed E-state index contributed by atoms with van der Waals surface area (Å²) in [6.07, 6.45) is 0. The van der Waals surface area contributed by atoms with Crippen LogP contribution in [0.4, 0.5) is 5.69 Å². The normalized spacial score (nSPS) is 10.7. The van der Waals surface area contributed by atoms with Crippen LogP contribution in [0.5, 0.6) is 17.2 Å². The highest BCUT2D eigenvalue weighted by Gasteiger charge is 2.19. The van der Waals surface area contributed by atoms with E-state index in [1.54, 1.807) is 54.6 Å². The predicted octanol–water partition coefficient (Wildman–Crippen LogP) is 5.46. The number of nitrogens with one attached hydrogen (secondary N) is 1.